The molecule has 4 nitrogen and oxygen atoms in total. The fourth-order valence-electron chi connectivity index (χ4n) is 2.10. The van der Waals surface area contributed by atoms with Crippen molar-refractivity contribution in [3.05, 3.63) is 28.2 Å². The van der Waals surface area contributed by atoms with Crippen LogP contribution in [0.15, 0.2) is 16.6 Å². The topological polar surface area (TPSA) is 50.7 Å². The molecular formula is C14H18BrF2NO3. The van der Waals surface area contributed by atoms with Crippen molar-refractivity contribution in [3.8, 4) is 0 Å². The molecule has 0 radical (unpaired) electrons. The molecule has 0 amide bonds. The van der Waals surface area contributed by atoms with Crippen molar-refractivity contribution in [2.75, 3.05) is 31.7 Å². The lowest BCUT2D eigenvalue weighted by Crippen LogP contribution is -2.27. The second-order valence-electron chi connectivity index (χ2n) is 4.95. The van der Waals surface area contributed by atoms with Gasteiger partial charge in [-0.3, -0.25) is 0 Å². The summed E-state index contributed by atoms with van der Waals surface area (Å²) in [5.74, 6) is -1.43. The first-order valence-corrected chi connectivity index (χ1v) is 7.61. The monoisotopic (exact) mass is 365 g/mol. The first-order chi connectivity index (χ1) is 10.1. The van der Waals surface area contributed by atoms with E-state index >= 15 is 0 Å². The Morgan fingerprint density at radius 1 is 1.43 bits per heavy atom. The fraction of sp³-hybridized carbons (Fsp3) is 0.571. The summed E-state index contributed by atoms with van der Waals surface area (Å²) in [6.07, 6.45) is 1.23. The largest absolute Gasteiger partial charge is 0.389 e. The summed E-state index contributed by atoms with van der Waals surface area (Å²) in [6, 6.07) is 2.32. The minimum atomic E-state index is -0.853. The lowest BCUT2D eigenvalue weighted by Gasteiger charge is -2.16. The molecule has 1 heterocycles. The lowest BCUT2D eigenvalue weighted by molar-refractivity contribution is -0.0137. The highest BCUT2D eigenvalue weighted by molar-refractivity contribution is 9.10. The number of benzene rings is 1. The zero-order valence-corrected chi connectivity index (χ0v) is 13.0. The second kappa shape index (κ2) is 8.03. The number of aliphatic hydroxyl groups excluding tert-OH is 1. The quantitative estimate of drug-likeness (QED) is 0.779. The molecule has 1 aromatic rings. The average molecular weight is 366 g/mol. The van der Waals surface area contributed by atoms with Gasteiger partial charge in [-0.15, -0.1) is 0 Å². The van der Waals surface area contributed by atoms with Crippen LogP contribution < -0.4 is 5.32 Å². The van der Waals surface area contributed by atoms with Crippen molar-refractivity contribution in [2.45, 2.75) is 25.0 Å². The van der Waals surface area contributed by atoms with E-state index in [0.29, 0.717) is 11.1 Å². The molecule has 0 spiro atoms. The standard InChI is InChI=1S/C14H18BrF2NO3/c15-9-4-12(16)14(13(17)5-9)18-6-10(19)7-20-8-11-2-1-3-21-11/h4-5,10-11,18-19H,1-3,6-8H2. The molecular weight excluding hydrogens is 348 g/mol. The Morgan fingerprint density at radius 2 is 2.14 bits per heavy atom. The summed E-state index contributed by atoms with van der Waals surface area (Å²) >= 11 is 3.00. The molecule has 21 heavy (non-hydrogen) atoms. The SMILES string of the molecule is OC(CNc1c(F)cc(Br)cc1F)COCC1CCCO1. The van der Waals surface area contributed by atoms with Crippen LogP contribution in [-0.4, -0.2) is 43.7 Å². The van der Waals surface area contributed by atoms with E-state index in [4.69, 9.17) is 9.47 Å². The van der Waals surface area contributed by atoms with E-state index in [1.54, 1.807) is 0 Å². The number of hydrogen-bond acceptors (Lipinski definition) is 4. The molecule has 2 atom stereocenters. The molecule has 0 aliphatic carbocycles. The third-order valence-corrected chi connectivity index (χ3v) is 3.62. The molecule has 7 heteroatoms. The Balaban J connectivity index is 1.72. The number of anilines is 1. The van der Waals surface area contributed by atoms with Gasteiger partial charge in [0.15, 0.2) is 0 Å². The average Bonchev–Trinajstić information content (AvgIpc) is 2.90. The van der Waals surface area contributed by atoms with Crippen LogP contribution >= 0.6 is 15.9 Å². The first kappa shape index (κ1) is 16.6. The Bertz CT molecular complexity index is 447. The van der Waals surface area contributed by atoms with Gasteiger partial charge in [0.2, 0.25) is 0 Å². The maximum Gasteiger partial charge on any atom is 0.150 e. The molecule has 1 aromatic carbocycles. The molecule has 2 N–H and O–H groups in total. The van der Waals surface area contributed by atoms with Crippen LogP contribution in [0.25, 0.3) is 0 Å². The second-order valence-corrected chi connectivity index (χ2v) is 5.87. The van der Waals surface area contributed by atoms with E-state index in [9.17, 15) is 13.9 Å². The van der Waals surface area contributed by atoms with Crippen molar-refractivity contribution in [2.24, 2.45) is 0 Å². The Morgan fingerprint density at radius 3 is 2.76 bits per heavy atom. The van der Waals surface area contributed by atoms with Crippen LogP contribution in [-0.2, 0) is 9.47 Å². The molecule has 2 rings (SSSR count). The van der Waals surface area contributed by atoms with Crippen molar-refractivity contribution in [3.63, 3.8) is 0 Å². The van der Waals surface area contributed by atoms with Crippen LogP contribution in [0.2, 0.25) is 0 Å². The molecule has 0 aromatic heterocycles. The maximum atomic E-state index is 13.6. The highest BCUT2D eigenvalue weighted by Gasteiger charge is 2.16. The highest BCUT2D eigenvalue weighted by atomic mass is 79.9. The van der Waals surface area contributed by atoms with E-state index in [1.165, 1.54) is 0 Å². The van der Waals surface area contributed by atoms with Gasteiger partial charge in [-0.05, 0) is 25.0 Å². The molecule has 118 valence electrons. The Hall–Kier alpha value is -0.760. The highest BCUT2D eigenvalue weighted by Crippen LogP contribution is 2.23. The summed E-state index contributed by atoms with van der Waals surface area (Å²) in [5.41, 5.74) is -0.253. The van der Waals surface area contributed by atoms with Gasteiger partial charge in [-0.2, -0.15) is 0 Å². The fourth-order valence-corrected chi connectivity index (χ4v) is 2.50. The van der Waals surface area contributed by atoms with Crippen molar-refractivity contribution in [1.29, 1.82) is 0 Å². The van der Waals surface area contributed by atoms with Crippen LogP contribution in [0.1, 0.15) is 12.8 Å². The van der Waals surface area contributed by atoms with Crippen molar-refractivity contribution in [1.82, 2.24) is 0 Å². The van der Waals surface area contributed by atoms with Gasteiger partial charge in [0, 0.05) is 17.6 Å². The van der Waals surface area contributed by atoms with Gasteiger partial charge >= 0.3 is 0 Å². The zero-order valence-electron chi connectivity index (χ0n) is 11.4. The smallest absolute Gasteiger partial charge is 0.150 e. The molecule has 1 aliphatic rings. The number of halogens is 3. The number of rotatable bonds is 7. The van der Waals surface area contributed by atoms with Gasteiger partial charge in [0.05, 0.1) is 25.4 Å². The van der Waals surface area contributed by atoms with Crippen LogP contribution in [0, 0.1) is 11.6 Å². The minimum absolute atomic E-state index is 0.000988. The molecule has 0 bridgehead atoms. The van der Waals surface area contributed by atoms with Crippen LogP contribution in [0.4, 0.5) is 14.5 Å². The number of ether oxygens (including phenoxy) is 2. The van der Waals surface area contributed by atoms with E-state index in [1.807, 2.05) is 0 Å². The van der Waals surface area contributed by atoms with E-state index in [-0.39, 0.29) is 24.9 Å². The third kappa shape index (κ3) is 5.18. The Labute approximate surface area is 130 Å². The number of nitrogens with one attached hydrogen (secondary N) is 1. The first-order valence-electron chi connectivity index (χ1n) is 6.82. The van der Waals surface area contributed by atoms with E-state index in [2.05, 4.69) is 21.2 Å². The minimum Gasteiger partial charge on any atom is -0.389 e. The lowest BCUT2D eigenvalue weighted by atomic mass is 10.2. The van der Waals surface area contributed by atoms with Crippen molar-refractivity contribution < 1.29 is 23.4 Å². The predicted molar refractivity (Wildman–Crippen MR) is 78.3 cm³/mol. The zero-order chi connectivity index (χ0) is 15.2. The number of aliphatic hydroxyl groups is 1. The summed E-state index contributed by atoms with van der Waals surface area (Å²) in [4.78, 5) is 0. The molecule has 1 fully saturated rings. The normalized spacial score (nSPS) is 19.7. The van der Waals surface area contributed by atoms with Gasteiger partial charge in [-0.25, -0.2) is 8.78 Å². The third-order valence-electron chi connectivity index (χ3n) is 3.16. The Kier molecular flexibility index (Phi) is 6.35. The van der Waals surface area contributed by atoms with Gasteiger partial charge in [0.1, 0.15) is 17.3 Å². The number of hydrogen-bond donors (Lipinski definition) is 2. The summed E-state index contributed by atoms with van der Waals surface area (Å²) in [6.45, 7) is 1.27. The molecule has 1 aliphatic heterocycles. The van der Waals surface area contributed by atoms with E-state index < -0.39 is 17.7 Å². The van der Waals surface area contributed by atoms with Gasteiger partial charge in [0.25, 0.3) is 0 Å². The predicted octanol–water partition coefficient (Wildman–Crippen LogP) is 2.70. The molecule has 1 saturated heterocycles. The summed E-state index contributed by atoms with van der Waals surface area (Å²) in [5, 5.41) is 12.3. The summed E-state index contributed by atoms with van der Waals surface area (Å²) < 4.78 is 38.2. The molecule has 2 unspecified atom stereocenters. The van der Waals surface area contributed by atoms with Crippen LogP contribution in [0.3, 0.4) is 0 Å². The van der Waals surface area contributed by atoms with Crippen molar-refractivity contribution >= 4 is 21.6 Å². The van der Waals surface area contributed by atoms with Gasteiger partial charge in [-0.1, -0.05) is 15.9 Å². The maximum absolute atomic E-state index is 13.6. The van der Waals surface area contributed by atoms with E-state index in [0.717, 1.165) is 31.6 Å². The van der Waals surface area contributed by atoms with Crippen LogP contribution in [0.5, 0.6) is 0 Å². The van der Waals surface area contributed by atoms with Gasteiger partial charge < -0.3 is 19.9 Å². The molecule has 0 saturated carbocycles. The summed E-state index contributed by atoms with van der Waals surface area (Å²) in [7, 11) is 0.